The lowest BCUT2D eigenvalue weighted by Gasteiger charge is -2.20. The van der Waals surface area contributed by atoms with E-state index in [2.05, 4.69) is 33.2 Å². The number of ether oxygens (including phenoxy) is 4. The molecule has 0 aliphatic rings. The predicted molar refractivity (Wildman–Crippen MR) is 227 cm³/mol. The van der Waals surface area contributed by atoms with E-state index >= 15 is 0 Å². The molecule has 12 heteroatoms. The highest BCUT2D eigenvalue weighted by atomic mass is 16.5. The van der Waals surface area contributed by atoms with Gasteiger partial charge < -0.3 is 39.4 Å². The third kappa shape index (κ3) is 11.8. The molecule has 0 aromatic heterocycles. The van der Waals surface area contributed by atoms with E-state index < -0.39 is 50.3 Å². The van der Waals surface area contributed by atoms with Crippen LogP contribution in [0.15, 0.2) is 121 Å². The van der Waals surface area contributed by atoms with Gasteiger partial charge in [0.1, 0.15) is 23.0 Å². The number of rotatable bonds is 21. The standard InChI is InChI=1S/C48H50O12/c1-7-9-10-11-12-35-22-42(39-20-18-38(21-33(39)8-2)58-46(54)30(4)26-50)44(60-48(56)32(6)28-52)24-41(35)36-15-19-40(43(23-36)59-47(55)31(5)27-51)34-13-16-37(17-14-34)57-45(53)29(3)25-49/h13-24,49-52H,3-12,25-28H2,1-2H3. The van der Waals surface area contributed by atoms with Gasteiger partial charge in [0.15, 0.2) is 0 Å². The molecule has 0 fully saturated rings. The summed E-state index contributed by atoms with van der Waals surface area (Å²) in [6, 6.07) is 20.2. The van der Waals surface area contributed by atoms with Crippen LogP contribution in [0.1, 0.15) is 50.7 Å². The van der Waals surface area contributed by atoms with Gasteiger partial charge in [0.2, 0.25) is 0 Å². The summed E-state index contributed by atoms with van der Waals surface area (Å²) in [7, 11) is 0. The zero-order valence-corrected chi connectivity index (χ0v) is 33.9. The smallest absolute Gasteiger partial charge is 0.341 e. The van der Waals surface area contributed by atoms with Crippen LogP contribution in [0.2, 0.25) is 0 Å². The molecule has 0 saturated heterocycles. The number of hydrogen-bond acceptors (Lipinski definition) is 12. The molecule has 0 saturated carbocycles. The maximum atomic E-state index is 13.2. The number of esters is 4. The summed E-state index contributed by atoms with van der Waals surface area (Å²) in [6.45, 7) is 15.9. The lowest BCUT2D eigenvalue weighted by atomic mass is 9.88. The highest BCUT2D eigenvalue weighted by Crippen LogP contribution is 2.43. The molecule has 4 aromatic rings. The van der Waals surface area contributed by atoms with Gasteiger partial charge in [0, 0.05) is 11.1 Å². The first-order valence-corrected chi connectivity index (χ1v) is 19.4. The van der Waals surface area contributed by atoms with Gasteiger partial charge in [-0.05, 0) is 95.1 Å². The predicted octanol–water partition coefficient (Wildman–Crippen LogP) is 7.19. The zero-order valence-electron chi connectivity index (χ0n) is 33.9. The van der Waals surface area contributed by atoms with E-state index in [1.165, 1.54) is 12.1 Å². The second-order valence-electron chi connectivity index (χ2n) is 13.8. The minimum Gasteiger partial charge on any atom is -0.423 e. The SMILES string of the molecule is C=C(CO)C(=O)Oc1ccc(-c2ccc(-c3cc(OC(=O)C(=C)CO)c(-c4ccc(OC(=O)C(=C)CO)cc4CC)cc3CCCCCC)cc2OC(=O)C(=C)CO)cc1. The molecule has 0 aliphatic heterocycles. The van der Waals surface area contributed by atoms with Crippen molar-refractivity contribution in [1.82, 2.24) is 0 Å². The van der Waals surface area contributed by atoms with Crippen molar-refractivity contribution < 1.29 is 58.6 Å². The average Bonchev–Trinajstić information content (AvgIpc) is 3.26. The van der Waals surface area contributed by atoms with Crippen molar-refractivity contribution in [3.05, 3.63) is 133 Å². The van der Waals surface area contributed by atoms with Gasteiger partial charge in [-0.3, -0.25) is 0 Å². The summed E-state index contributed by atoms with van der Waals surface area (Å²) >= 11 is 0. The highest BCUT2D eigenvalue weighted by molar-refractivity contribution is 5.94. The van der Waals surface area contributed by atoms with E-state index in [0.29, 0.717) is 46.2 Å². The van der Waals surface area contributed by atoms with E-state index in [4.69, 9.17) is 18.9 Å². The molecule has 60 heavy (non-hydrogen) atoms. The van der Waals surface area contributed by atoms with Gasteiger partial charge in [-0.1, -0.05) is 89.8 Å². The monoisotopic (exact) mass is 818 g/mol. The Hall–Kier alpha value is -6.44. The van der Waals surface area contributed by atoms with Crippen LogP contribution >= 0.6 is 0 Å². The summed E-state index contributed by atoms with van der Waals surface area (Å²) in [6.07, 6.45) is 4.90. The van der Waals surface area contributed by atoms with Crippen LogP contribution < -0.4 is 18.9 Å². The first kappa shape index (κ1) is 46.3. The van der Waals surface area contributed by atoms with Crippen molar-refractivity contribution in [2.75, 3.05) is 26.4 Å². The Morgan fingerprint density at radius 3 is 1.48 bits per heavy atom. The Labute approximate surface area is 349 Å². The normalized spacial score (nSPS) is 10.7. The first-order chi connectivity index (χ1) is 28.8. The van der Waals surface area contributed by atoms with E-state index in [0.717, 1.165) is 36.8 Å². The molecule has 0 atom stereocenters. The summed E-state index contributed by atoms with van der Waals surface area (Å²) in [4.78, 5) is 50.9. The molecule has 0 unspecified atom stereocenters. The quantitative estimate of drug-likeness (QED) is 0.0288. The van der Waals surface area contributed by atoms with Gasteiger partial charge in [-0.15, -0.1) is 0 Å². The Morgan fingerprint density at radius 1 is 0.467 bits per heavy atom. The zero-order chi connectivity index (χ0) is 43.9. The van der Waals surface area contributed by atoms with Crippen molar-refractivity contribution in [3.8, 4) is 56.4 Å². The fraction of sp³-hybridized carbons (Fsp3) is 0.250. The molecule has 0 spiro atoms. The second-order valence-corrected chi connectivity index (χ2v) is 13.8. The molecule has 0 radical (unpaired) electrons. The Kier molecular flexibility index (Phi) is 17.0. The number of benzene rings is 4. The van der Waals surface area contributed by atoms with E-state index in [1.54, 1.807) is 48.5 Å². The maximum Gasteiger partial charge on any atom is 0.341 e. The van der Waals surface area contributed by atoms with Crippen molar-refractivity contribution in [2.24, 2.45) is 0 Å². The highest BCUT2D eigenvalue weighted by Gasteiger charge is 2.23. The van der Waals surface area contributed by atoms with E-state index in [-0.39, 0.29) is 45.3 Å². The lowest BCUT2D eigenvalue weighted by Crippen LogP contribution is -2.14. The molecule has 4 N–H and O–H groups in total. The topological polar surface area (TPSA) is 186 Å². The molecular formula is C48H50O12. The van der Waals surface area contributed by atoms with Crippen LogP contribution in [0.5, 0.6) is 23.0 Å². The van der Waals surface area contributed by atoms with Gasteiger partial charge in [-0.2, -0.15) is 0 Å². The van der Waals surface area contributed by atoms with Gasteiger partial charge >= 0.3 is 23.9 Å². The lowest BCUT2D eigenvalue weighted by molar-refractivity contribution is -0.131. The molecule has 0 heterocycles. The molecule has 0 amide bonds. The first-order valence-electron chi connectivity index (χ1n) is 19.4. The number of aryl methyl sites for hydroxylation is 2. The minimum absolute atomic E-state index is 0.106. The summed E-state index contributed by atoms with van der Waals surface area (Å²) < 4.78 is 22.5. The molecule has 314 valence electrons. The Morgan fingerprint density at radius 2 is 0.950 bits per heavy atom. The molecule has 12 nitrogen and oxygen atoms in total. The van der Waals surface area contributed by atoms with Gasteiger partial charge in [0.05, 0.1) is 48.7 Å². The van der Waals surface area contributed by atoms with Crippen molar-refractivity contribution in [2.45, 2.75) is 52.4 Å². The van der Waals surface area contributed by atoms with Crippen LogP contribution in [0.25, 0.3) is 33.4 Å². The summed E-state index contributed by atoms with van der Waals surface area (Å²) in [5.41, 5.74) is 4.56. The van der Waals surface area contributed by atoms with Gasteiger partial charge in [-0.25, -0.2) is 19.2 Å². The Bertz CT molecular complexity index is 2280. The second kappa shape index (κ2) is 22.1. The van der Waals surface area contributed by atoms with E-state index in [1.807, 2.05) is 19.1 Å². The van der Waals surface area contributed by atoms with E-state index in [9.17, 15) is 39.6 Å². The molecular weight excluding hydrogens is 769 g/mol. The summed E-state index contributed by atoms with van der Waals surface area (Å²) in [5, 5.41) is 38.0. The number of hydrogen-bond donors (Lipinski definition) is 4. The van der Waals surface area contributed by atoms with Crippen molar-refractivity contribution in [3.63, 3.8) is 0 Å². The van der Waals surface area contributed by atoms with Crippen LogP contribution in [0.4, 0.5) is 0 Å². The molecule has 0 aliphatic carbocycles. The van der Waals surface area contributed by atoms with Gasteiger partial charge in [0.25, 0.3) is 0 Å². The molecule has 0 bridgehead atoms. The van der Waals surface area contributed by atoms with Crippen LogP contribution in [-0.4, -0.2) is 70.7 Å². The number of unbranched alkanes of at least 4 members (excludes halogenated alkanes) is 3. The van der Waals surface area contributed by atoms with Crippen LogP contribution in [0, 0.1) is 0 Å². The average molecular weight is 819 g/mol. The van der Waals surface area contributed by atoms with Crippen molar-refractivity contribution in [1.29, 1.82) is 0 Å². The fourth-order valence-corrected chi connectivity index (χ4v) is 6.00. The number of carbonyl (C=O) groups excluding carboxylic acids is 4. The number of carbonyl (C=O) groups is 4. The third-order valence-electron chi connectivity index (χ3n) is 9.46. The number of aliphatic hydroxyl groups is 4. The molecule has 4 rings (SSSR count). The minimum atomic E-state index is -0.863. The van der Waals surface area contributed by atoms with Crippen LogP contribution in [0.3, 0.4) is 0 Å². The third-order valence-corrected chi connectivity index (χ3v) is 9.46. The summed E-state index contributed by atoms with van der Waals surface area (Å²) in [5.74, 6) is -2.61. The largest absolute Gasteiger partial charge is 0.423 e. The van der Waals surface area contributed by atoms with Crippen LogP contribution in [-0.2, 0) is 32.0 Å². The maximum absolute atomic E-state index is 13.2. The fourth-order valence-electron chi connectivity index (χ4n) is 6.00. The Balaban J connectivity index is 1.94. The molecule has 4 aromatic carbocycles. The number of aliphatic hydroxyl groups excluding tert-OH is 4. The van der Waals surface area contributed by atoms with Crippen molar-refractivity contribution >= 4 is 23.9 Å².